The molecule has 1 aromatic carbocycles. The second kappa shape index (κ2) is 7.10. The van der Waals surface area contributed by atoms with Crippen molar-refractivity contribution in [1.29, 1.82) is 5.26 Å². The van der Waals surface area contributed by atoms with Gasteiger partial charge in [0.2, 0.25) is 5.91 Å². The van der Waals surface area contributed by atoms with Gasteiger partial charge < -0.3 is 9.47 Å². The number of benzene rings is 1. The van der Waals surface area contributed by atoms with Crippen LogP contribution in [0, 0.1) is 17.2 Å². The maximum Gasteiger partial charge on any atom is 0.242 e. The standard InChI is InChI=1S/C18H21N3OS/c1-14-6-9-20(10-7-14)18(22)13-21-12-17(23-11-8-19)15-4-2-3-5-16(15)21/h2-5,12,14H,6-7,9-11,13H2,1H3. The van der Waals surface area contributed by atoms with Crippen LogP contribution in [0.25, 0.3) is 10.9 Å². The van der Waals surface area contributed by atoms with Crippen LogP contribution in [-0.2, 0) is 11.3 Å². The summed E-state index contributed by atoms with van der Waals surface area (Å²) in [7, 11) is 0. The molecule has 2 aromatic rings. The molecule has 0 N–H and O–H groups in total. The Morgan fingerprint density at radius 2 is 2.09 bits per heavy atom. The Hall–Kier alpha value is -1.93. The zero-order valence-electron chi connectivity index (χ0n) is 13.4. The minimum Gasteiger partial charge on any atom is -0.341 e. The summed E-state index contributed by atoms with van der Waals surface area (Å²) >= 11 is 1.53. The van der Waals surface area contributed by atoms with Gasteiger partial charge in [-0.15, -0.1) is 11.8 Å². The van der Waals surface area contributed by atoms with Crippen molar-refractivity contribution < 1.29 is 4.79 Å². The Morgan fingerprint density at radius 1 is 1.35 bits per heavy atom. The van der Waals surface area contributed by atoms with Crippen molar-refractivity contribution in [2.75, 3.05) is 18.8 Å². The molecule has 2 heterocycles. The van der Waals surface area contributed by atoms with Crippen molar-refractivity contribution >= 4 is 28.6 Å². The molecule has 4 nitrogen and oxygen atoms in total. The number of nitrogens with zero attached hydrogens (tertiary/aromatic N) is 3. The number of likely N-dealkylation sites (tertiary alicyclic amines) is 1. The van der Waals surface area contributed by atoms with Crippen molar-refractivity contribution in [2.24, 2.45) is 5.92 Å². The largest absolute Gasteiger partial charge is 0.341 e. The van der Waals surface area contributed by atoms with Crippen LogP contribution >= 0.6 is 11.8 Å². The van der Waals surface area contributed by atoms with Gasteiger partial charge in [-0.05, 0) is 24.8 Å². The van der Waals surface area contributed by atoms with E-state index >= 15 is 0 Å². The van der Waals surface area contributed by atoms with Gasteiger partial charge in [0.1, 0.15) is 6.54 Å². The fourth-order valence-corrected chi connectivity index (χ4v) is 3.82. The summed E-state index contributed by atoms with van der Waals surface area (Å²) in [5.74, 6) is 1.33. The molecule has 1 amide bonds. The summed E-state index contributed by atoms with van der Waals surface area (Å²) in [4.78, 5) is 15.6. The number of nitriles is 1. The average molecular weight is 327 g/mol. The number of amides is 1. The molecule has 1 aliphatic rings. The van der Waals surface area contributed by atoms with Gasteiger partial charge in [-0.25, -0.2) is 0 Å². The monoisotopic (exact) mass is 327 g/mol. The van der Waals surface area contributed by atoms with Crippen LogP contribution in [0.4, 0.5) is 0 Å². The predicted octanol–water partition coefficient (Wildman–Crippen LogP) is 3.52. The van der Waals surface area contributed by atoms with E-state index in [2.05, 4.69) is 19.1 Å². The number of para-hydroxylation sites is 1. The van der Waals surface area contributed by atoms with Gasteiger partial charge in [-0.3, -0.25) is 4.79 Å². The third-order valence-corrected chi connectivity index (χ3v) is 5.40. The molecule has 1 aromatic heterocycles. The Kier molecular flexibility index (Phi) is 4.92. The number of carbonyl (C=O) groups is 1. The van der Waals surface area contributed by atoms with Gasteiger partial charge in [0.25, 0.3) is 0 Å². The quantitative estimate of drug-likeness (QED) is 0.807. The molecule has 23 heavy (non-hydrogen) atoms. The normalized spacial score (nSPS) is 15.7. The number of rotatable bonds is 4. The number of carbonyl (C=O) groups excluding carboxylic acids is 1. The van der Waals surface area contributed by atoms with Crippen molar-refractivity contribution in [3.63, 3.8) is 0 Å². The van der Waals surface area contributed by atoms with E-state index < -0.39 is 0 Å². The molecule has 0 saturated carbocycles. The van der Waals surface area contributed by atoms with E-state index in [1.165, 1.54) is 11.8 Å². The van der Waals surface area contributed by atoms with E-state index in [1.54, 1.807) is 0 Å². The Bertz CT molecular complexity index is 738. The molecular formula is C18H21N3OS. The Labute approximate surface area is 141 Å². The van der Waals surface area contributed by atoms with E-state index in [4.69, 9.17) is 5.26 Å². The average Bonchev–Trinajstić information content (AvgIpc) is 2.91. The molecule has 5 heteroatoms. The second-order valence-electron chi connectivity index (χ2n) is 6.15. The number of piperidine rings is 1. The van der Waals surface area contributed by atoms with Gasteiger partial charge in [-0.2, -0.15) is 5.26 Å². The third kappa shape index (κ3) is 3.53. The van der Waals surface area contributed by atoms with E-state index in [0.29, 0.717) is 12.3 Å². The first-order valence-corrected chi connectivity index (χ1v) is 9.03. The highest BCUT2D eigenvalue weighted by atomic mass is 32.2. The van der Waals surface area contributed by atoms with Crippen molar-refractivity contribution in [2.45, 2.75) is 31.2 Å². The number of aromatic nitrogens is 1. The summed E-state index contributed by atoms with van der Waals surface area (Å²) in [5.41, 5.74) is 1.06. The molecule has 1 aliphatic heterocycles. The highest BCUT2D eigenvalue weighted by molar-refractivity contribution is 7.99. The van der Waals surface area contributed by atoms with Gasteiger partial charge >= 0.3 is 0 Å². The summed E-state index contributed by atoms with van der Waals surface area (Å²) in [5, 5.41) is 9.92. The van der Waals surface area contributed by atoms with Crippen molar-refractivity contribution in [3.05, 3.63) is 30.5 Å². The van der Waals surface area contributed by atoms with Crippen LogP contribution in [-0.4, -0.2) is 34.2 Å². The molecule has 0 aliphatic carbocycles. The second-order valence-corrected chi connectivity index (χ2v) is 7.17. The van der Waals surface area contributed by atoms with E-state index in [0.717, 1.165) is 47.6 Å². The van der Waals surface area contributed by atoms with Gasteiger partial charge in [0, 0.05) is 35.1 Å². The van der Waals surface area contributed by atoms with Gasteiger partial charge in [-0.1, -0.05) is 25.1 Å². The first-order chi connectivity index (χ1) is 11.2. The summed E-state index contributed by atoms with van der Waals surface area (Å²) in [6, 6.07) is 10.2. The zero-order chi connectivity index (χ0) is 16.2. The SMILES string of the molecule is CC1CCN(C(=O)Cn2cc(SCC#N)c3ccccc32)CC1. The van der Waals surface area contributed by atoms with Crippen LogP contribution in [0.2, 0.25) is 0 Å². The molecule has 0 radical (unpaired) electrons. The number of hydrogen-bond acceptors (Lipinski definition) is 3. The van der Waals surface area contributed by atoms with Crippen LogP contribution in [0.15, 0.2) is 35.4 Å². The van der Waals surface area contributed by atoms with Crippen LogP contribution in [0.1, 0.15) is 19.8 Å². The molecular weight excluding hydrogens is 306 g/mol. The minimum absolute atomic E-state index is 0.189. The highest BCUT2D eigenvalue weighted by Crippen LogP contribution is 2.30. The van der Waals surface area contributed by atoms with E-state index in [-0.39, 0.29) is 5.91 Å². The van der Waals surface area contributed by atoms with Gasteiger partial charge in [0.15, 0.2) is 0 Å². The molecule has 1 fully saturated rings. The molecule has 3 rings (SSSR count). The molecule has 1 saturated heterocycles. The lowest BCUT2D eigenvalue weighted by atomic mass is 9.99. The summed E-state index contributed by atoms with van der Waals surface area (Å²) in [6.45, 7) is 4.37. The smallest absolute Gasteiger partial charge is 0.242 e. The van der Waals surface area contributed by atoms with Crippen molar-refractivity contribution in [3.8, 4) is 6.07 Å². The van der Waals surface area contributed by atoms with Crippen molar-refractivity contribution in [1.82, 2.24) is 9.47 Å². The number of hydrogen-bond donors (Lipinski definition) is 0. The molecule has 0 spiro atoms. The van der Waals surface area contributed by atoms with Gasteiger partial charge in [0.05, 0.1) is 11.8 Å². The third-order valence-electron chi connectivity index (χ3n) is 4.49. The minimum atomic E-state index is 0.189. The van der Waals surface area contributed by atoms with E-state index in [9.17, 15) is 4.79 Å². The molecule has 0 unspecified atom stereocenters. The molecule has 0 bridgehead atoms. The zero-order valence-corrected chi connectivity index (χ0v) is 14.2. The van der Waals surface area contributed by atoms with Crippen LogP contribution < -0.4 is 0 Å². The maximum absolute atomic E-state index is 12.6. The fraction of sp³-hybridized carbons (Fsp3) is 0.444. The lowest BCUT2D eigenvalue weighted by Crippen LogP contribution is -2.39. The van der Waals surface area contributed by atoms with Crippen LogP contribution in [0.5, 0.6) is 0 Å². The number of fused-ring (bicyclic) bond motifs is 1. The summed E-state index contributed by atoms with van der Waals surface area (Å²) < 4.78 is 2.02. The first kappa shape index (κ1) is 15.9. The number of thioether (sulfide) groups is 1. The first-order valence-electron chi connectivity index (χ1n) is 8.04. The fourth-order valence-electron chi connectivity index (χ4n) is 3.07. The Morgan fingerprint density at radius 3 is 2.83 bits per heavy atom. The Balaban J connectivity index is 1.79. The highest BCUT2D eigenvalue weighted by Gasteiger charge is 2.21. The predicted molar refractivity (Wildman–Crippen MR) is 93.3 cm³/mol. The lowest BCUT2D eigenvalue weighted by molar-refractivity contribution is -0.133. The topological polar surface area (TPSA) is 49.0 Å². The molecule has 120 valence electrons. The maximum atomic E-state index is 12.6. The molecule has 0 atom stereocenters. The van der Waals surface area contributed by atoms with Crippen LogP contribution in [0.3, 0.4) is 0 Å². The van der Waals surface area contributed by atoms with E-state index in [1.807, 2.05) is 33.9 Å². The summed E-state index contributed by atoms with van der Waals surface area (Å²) in [6.07, 6.45) is 4.21. The lowest BCUT2D eigenvalue weighted by Gasteiger charge is -2.30.